The SMILES string of the molecule is O=C(NCc1ccnc(N2CCOCC2)c1)c1cc2c(cc1O)OCO2. The summed E-state index contributed by atoms with van der Waals surface area (Å²) in [6.07, 6.45) is 1.73. The van der Waals surface area contributed by atoms with Crippen molar-refractivity contribution in [2.45, 2.75) is 6.54 Å². The van der Waals surface area contributed by atoms with Crippen LogP contribution in [0, 0.1) is 0 Å². The van der Waals surface area contributed by atoms with Gasteiger partial charge < -0.3 is 29.5 Å². The molecule has 3 heterocycles. The first-order valence-corrected chi connectivity index (χ1v) is 8.39. The highest BCUT2D eigenvalue weighted by Crippen LogP contribution is 2.37. The Balaban J connectivity index is 1.43. The van der Waals surface area contributed by atoms with Crippen molar-refractivity contribution in [1.29, 1.82) is 0 Å². The maximum atomic E-state index is 12.4. The Morgan fingerprint density at radius 2 is 1.96 bits per heavy atom. The van der Waals surface area contributed by atoms with Crippen LogP contribution in [-0.4, -0.2) is 49.1 Å². The zero-order chi connectivity index (χ0) is 17.9. The predicted molar refractivity (Wildman–Crippen MR) is 92.7 cm³/mol. The summed E-state index contributed by atoms with van der Waals surface area (Å²) in [6.45, 7) is 3.38. The number of aromatic nitrogens is 1. The summed E-state index contributed by atoms with van der Waals surface area (Å²) < 4.78 is 15.8. The number of ether oxygens (including phenoxy) is 3. The largest absolute Gasteiger partial charge is 0.507 e. The average molecular weight is 357 g/mol. The summed E-state index contributed by atoms with van der Waals surface area (Å²) in [5.41, 5.74) is 1.08. The van der Waals surface area contributed by atoms with Gasteiger partial charge in [-0.25, -0.2) is 4.98 Å². The molecule has 2 aliphatic heterocycles. The maximum absolute atomic E-state index is 12.4. The molecule has 0 atom stereocenters. The summed E-state index contributed by atoms with van der Waals surface area (Å²) in [5, 5.41) is 12.8. The van der Waals surface area contributed by atoms with Crippen molar-refractivity contribution in [2.75, 3.05) is 38.0 Å². The van der Waals surface area contributed by atoms with E-state index in [1.54, 1.807) is 6.20 Å². The molecule has 1 saturated heterocycles. The van der Waals surface area contributed by atoms with Gasteiger partial charge in [0.1, 0.15) is 11.6 Å². The van der Waals surface area contributed by atoms with Gasteiger partial charge in [0.25, 0.3) is 5.91 Å². The number of anilines is 1. The lowest BCUT2D eigenvalue weighted by molar-refractivity contribution is 0.0948. The minimum absolute atomic E-state index is 0.0845. The minimum Gasteiger partial charge on any atom is -0.507 e. The highest BCUT2D eigenvalue weighted by molar-refractivity contribution is 5.97. The van der Waals surface area contributed by atoms with Gasteiger partial charge in [-0.15, -0.1) is 0 Å². The summed E-state index contributed by atoms with van der Waals surface area (Å²) in [7, 11) is 0. The number of morpholine rings is 1. The lowest BCUT2D eigenvalue weighted by Gasteiger charge is -2.28. The molecule has 1 amide bonds. The molecule has 0 bridgehead atoms. The van der Waals surface area contributed by atoms with E-state index >= 15 is 0 Å². The Morgan fingerprint density at radius 1 is 1.19 bits per heavy atom. The smallest absolute Gasteiger partial charge is 0.255 e. The molecule has 2 aliphatic rings. The first-order valence-electron chi connectivity index (χ1n) is 8.39. The van der Waals surface area contributed by atoms with Crippen LogP contribution >= 0.6 is 0 Å². The van der Waals surface area contributed by atoms with Crippen molar-refractivity contribution in [3.05, 3.63) is 41.6 Å². The molecule has 1 aromatic heterocycles. The first-order chi connectivity index (χ1) is 12.7. The second kappa shape index (κ2) is 7.09. The molecule has 0 spiro atoms. The van der Waals surface area contributed by atoms with Crippen LogP contribution in [-0.2, 0) is 11.3 Å². The summed E-state index contributed by atoms with van der Waals surface area (Å²) in [6, 6.07) is 6.67. The van der Waals surface area contributed by atoms with Crippen molar-refractivity contribution >= 4 is 11.7 Å². The molecule has 0 saturated carbocycles. The topological polar surface area (TPSA) is 93.2 Å². The van der Waals surface area contributed by atoms with Gasteiger partial charge in [-0.05, 0) is 17.7 Å². The maximum Gasteiger partial charge on any atom is 0.255 e. The monoisotopic (exact) mass is 357 g/mol. The average Bonchev–Trinajstić information content (AvgIpc) is 3.13. The van der Waals surface area contributed by atoms with Crippen LogP contribution < -0.4 is 19.7 Å². The number of fused-ring (bicyclic) bond motifs is 1. The predicted octanol–water partition coefficient (Wildman–Crippen LogP) is 1.28. The fraction of sp³-hybridized carbons (Fsp3) is 0.333. The number of phenols is 1. The zero-order valence-electron chi connectivity index (χ0n) is 14.1. The van der Waals surface area contributed by atoms with Gasteiger partial charge in [0.15, 0.2) is 11.5 Å². The summed E-state index contributed by atoms with van der Waals surface area (Å²) in [4.78, 5) is 19.0. The number of pyridine rings is 1. The molecular weight excluding hydrogens is 338 g/mol. The molecule has 0 radical (unpaired) electrons. The van der Waals surface area contributed by atoms with E-state index in [-0.39, 0.29) is 24.0 Å². The van der Waals surface area contributed by atoms with Crippen molar-refractivity contribution < 1.29 is 24.1 Å². The van der Waals surface area contributed by atoms with Crippen LogP contribution in [0.2, 0.25) is 0 Å². The van der Waals surface area contributed by atoms with Crippen LogP contribution in [0.25, 0.3) is 0 Å². The van der Waals surface area contributed by atoms with Gasteiger partial charge in [-0.1, -0.05) is 0 Å². The molecule has 8 heteroatoms. The number of hydrogen-bond acceptors (Lipinski definition) is 7. The number of phenolic OH excluding ortho intramolecular Hbond substituents is 1. The Kier molecular flexibility index (Phi) is 4.49. The van der Waals surface area contributed by atoms with E-state index < -0.39 is 0 Å². The van der Waals surface area contributed by atoms with Gasteiger partial charge in [-0.3, -0.25) is 4.79 Å². The zero-order valence-corrected chi connectivity index (χ0v) is 14.1. The number of nitrogens with one attached hydrogen (secondary N) is 1. The van der Waals surface area contributed by atoms with E-state index in [9.17, 15) is 9.90 Å². The van der Waals surface area contributed by atoms with Gasteiger partial charge in [0.2, 0.25) is 6.79 Å². The fourth-order valence-corrected chi connectivity index (χ4v) is 2.93. The van der Waals surface area contributed by atoms with Gasteiger partial charge in [0.05, 0.1) is 18.8 Å². The van der Waals surface area contributed by atoms with Crippen molar-refractivity contribution in [2.24, 2.45) is 0 Å². The molecule has 1 aromatic carbocycles. The van der Waals surface area contributed by atoms with E-state index in [2.05, 4.69) is 15.2 Å². The summed E-state index contributed by atoms with van der Waals surface area (Å²) in [5.74, 6) is 1.22. The molecule has 26 heavy (non-hydrogen) atoms. The van der Waals surface area contributed by atoms with Gasteiger partial charge >= 0.3 is 0 Å². The van der Waals surface area contributed by atoms with E-state index in [4.69, 9.17) is 14.2 Å². The number of benzene rings is 1. The number of hydrogen-bond donors (Lipinski definition) is 2. The normalized spacial score (nSPS) is 15.8. The molecule has 8 nitrogen and oxygen atoms in total. The molecule has 2 aromatic rings. The van der Waals surface area contributed by atoms with Crippen LogP contribution in [0.5, 0.6) is 17.2 Å². The highest BCUT2D eigenvalue weighted by atomic mass is 16.7. The van der Waals surface area contributed by atoms with E-state index in [0.29, 0.717) is 31.3 Å². The van der Waals surface area contributed by atoms with Crippen molar-refractivity contribution in [3.63, 3.8) is 0 Å². The third-order valence-electron chi connectivity index (χ3n) is 4.33. The molecule has 2 N–H and O–H groups in total. The van der Waals surface area contributed by atoms with E-state index in [1.165, 1.54) is 12.1 Å². The quantitative estimate of drug-likeness (QED) is 0.851. The minimum atomic E-state index is -0.384. The van der Waals surface area contributed by atoms with E-state index in [0.717, 1.165) is 24.5 Å². The lowest BCUT2D eigenvalue weighted by Crippen LogP contribution is -2.36. The highest BCUT2D eigenvalue weighted by Gasteiger charge is 2.20. The van der Waals surface area contributed by atoms with Crippen LogP contribution in [0.1, 0.15) is 15.9 Å². The number of aromatic hydroxyl groups is 1. The molecule has 4 rings (SSSR count). The second-order valence-corrected chi connectivity index (χ2v) is 6.03. The molecule has 0 aliphatic carbocycles. The first kappa shape index (κ1) is 16.5. The third-order valence-corrected chi connectivity index (χ3v) is 4.33. The number of carbonyl (C=O) groups is 1. The van der Waals surface area contributed by atoms with E-state index in [1.807, 2.05) is 12.1 Å². The molecule has 0 unspecified atom stereocenters. The number of amides is 1. The third kappa shape index (κ3) is 3.36. The summed E-state index contributed by atoms with van der Waals surface area (Å²) >= 11 is 0. The molecule has 136 valence electrons. The Morgan fingerprint density at radius 3 is 2.77 bits per heavy atom. The Hall–Kier alpha value is -3.00. The van der Waals surface area contributed by atoms with Gasteiger partial charge in [0, 0.05) is 38.0 Å². The Labute approximate surface area is 150 Å². The van der Waals surface area contributed by atoms with Gasteiger partial charge in [-0.2, -0.15) is 0 Å². The number of nitrogens with zero attached hydrogens (tertiary/aromatic N) is 2. The van der Waals surface area contributed by atoms with Crippen LogP contribution in [0.3, 0.4) is 0 Å². The Bertz CT molecular complexity index is 820. The number of carbonyl (C=O) groups excluding carboxylic acids is 1. The lowest BCUT2D eigenvalue weighted by atomic mass is 10.1. The van der Waals surface area contributed by atoms with Crippen molar-refractivity contribution in [1.82, 2.24) is 10.3 Å². The van der Waals surface area contributed by atoms with Crippen LogP contribution in [0.15, 0.2) is 30.5 Å². The fourth-order valence-electron chi connectivity index (χ4n) is 2.93. The number of rotatable bonds is 4. The standard InChI is InChI=1S/C18H19N3O5/c22-14-9-16-15(25-11-26-16)8-13(14)18(23)20-10-12-1-2-19-17(7-12)21-3-5-24-6-4-21/h1-2,7-9,22H,3-6,10-11H2,(H,20,23). The molecular formula is C18H19N3O5. The second-order valence-electron chi connectivity index (χ2n) is 6.03. The van der Waals surface area contributed by atoms with Crippen LogP contribution in [0.4, 0.5) is 5.82 Å². The van der Waals surface area contributed by atoms with Crippen molar-refractivity contribution in [3.8, 4) is 17.2 Å². The molecule has 1 fully saturated rings.